The summed E-state index contributed by atoms with van der Waals surface area (Å²) in [5.41, 5.74) is 0. The van der Waals surface area contributed by atoms with Crippen molar-refractivity contribution in [1.29, 1.82) is 0 Å². The Bertz CT molecular complexity index is 313. The average molecular weight is 501 g/mol. The van der Waals surface area contributed by atoms with Crippen LogP contribution in [-0.4, -0.2) is 57.8 Å². The van der Waals surface area contributed by atoms with E-state index >= 15 is 0 Å². The second-order valence-corrected chi connectivity index (χ2v) is 4.91. The minimum atomic E-state index is -0.926. The van der Waals surface area contributed by atoms with Gasteiger partial charge in [0, 0.05) is 57.5 Å². The molecule has 115 valence electrons. The fourth-order valence-electron chi connectivity index (χ4n) is 1.80. The summed E-state index contributed by atoms with van der Waals surface area (Å²) >= 11 is 0. The van der Waals surface area contributed by atoms with E-state index in [2.05, 4.69) is 5.32 Å². The summed E-state index contributed by atoms with van der Waals surface area (Å²) in [6.07, 6.45) is -1.67. The summed E-state index contributed by atoms with van der Waals surface area (Å²) in [6, 6.07) is -0.791. The van der Waals surface area contributed by atoms with E-state index in [9.17, 15) is 19.8 Å². The van der Waals surface area contributed by atoms with Crippen molar-refractivity contribution in [2.45, 2.75) is 65.3 Å². The van der Waals surface area contributed by atoms with Crippen molar-refractivity contribution in [2.75, 3.05) is 6.54 Å². The first kappa shape index (κ1) is 22.6. The summed E-state index contributed by atoms with van der Waals surface area (Å²) in [7, 11) is 0. The molecule has 20 heavy (non-hydrogen) atoms. The van der Waals surface area contributed by atoms with E-state index < -0.39 is 18.2 Å². The van der Waals surface area contributed by atoms with Crippen molar-refractivity contribution < 1.29 is 63.9 Å². The number of hydrogen-bond acceptors (Lipinski definition) is 4. The second kappa shape index (κ2) is 10.9. The Morgan fingerprint density at radius 3 is 2.05 bits per heavy atom. The summed E-state index contributed by atoms with van der Waals surface area (Å²) in [4.78, 5) is 24.5. The number of carbonyl (C=O) groups is 2. The third-order valence-electron chi connectivity index (χ3n) is 3.30. The first-order valence-corrected chi connectivity index (χ1v) is 6.63. The van der Waals surface area contributed by atoms with Crippen LogP contribution in [-0.2, 0) is 9.59 Å². The van der Waals surface area contributed by atoms with E-state index in [1.54, 1.807) is 20.8 Å². The zero-order valence-corrected chi connectivity index (χ0v) is 17.7. The van der Waals surface area contributed by atoms with Crippen molar-refractivity contribution in [1.82, 2.24) is 10.2 Å². The molecule has 0 aliphatic rings. The summed E-state index contributed by atoms with van der Waals surface area (Å²) < 4.78 is 0. The molecule has 0 aromatic rings. The van der Waals surface area contributed by atoms with Crippen LogP contribution in [0.2, 0.25) is 0 Å². The van der Waals surface area contributed by atoms with Gasteiger partial charge in [0.15, 0.2) is 0 Å². The molecule has 0 aromatic heterocycles. The van der Waals surface area contributed by atoms with Crippen LogP contribution in [0.15, 0.2) is 0 Å². The minimum Gasteiger partial charge on any atom is -0.391 e. The fraction of sp³-hybridized carbons (Fsp3) is 0.846. The van der Waals surface area contributed by atoms with Gasteiger partial charge in [0.1, 0.15) is 0 Å². The molecule has 7 heteroatoms. The molecule has 0 fully saturated rings. The van der Waals surface area contributed by atoms with E-state index in [0.29, 0.717) is 6.54 Å². The number of nitrogens with one attached hydrogen (secondary N) is 1. The Morgan fingerprint density at radius 1 is 1.20 bits per heavy atom. The van der Waals surface area contributed by atoms with Gasteiger partial charge in [0.2, 0.25) is 11.8 Å². The Morgan fingerprint density at radius 2 is 1.70 bits per heavy atom. The standard InChI is InChI=1S/C13H26N2O4.Ac/c1-6-15(11(5)17)9(3)12(18)7-13(19)14-8(2)10(4)16;/h8-10,12,16,18H,6-7H2,1-5H3,(H,14,19);. The third kappa shape index (κ3) is 7.92. The number of nitrogens with zero attached hydrogens (tertiary/aromatic N) is 1. The van der Waals surface area contributed by atoms with Gasteiger partial charge in [-0.25, -0.2) is 0 Å². The molecule has 0 saturated heterocycles. The molecule has 0 bridgehead atoms. The average Bonchev–Trinajstić information content (AvgIpc) is 2.28. The number of hydrogen-bond donors (Lipinski definition) is 3. The van der Waals surface area contributed by atoms with Crippen LogP contribution in [0.25, 0.3) is 0 Å². The smallest absolute Gasteiger partial charge is 0.222 e. The van der Waals surface area contributed by atoms with Gasteiger partial charge in [0.05, 0.1) is 30.7 Å². The van der Waals surface area contributed by atoms with E-state index in [4.69, 9.17) is 0 Å². The molecule has 4 atom stereocenters. The molecule has 0 heterocycles. The predicted molar refractivity (Wildman–Crippen MR) is 72.4 cm³/mol. The maximum atomic E-state index is 11.7. The Hall–Kier alpha value is 0.302. The van der Waals surface area contributed by atoms with E-state index in [1.165, 1.54) is 11.8 Å². The van der Waals surface area contributed by atoms with Gasteiger partial charge in [-0.15, -0.1) is 0 Å². The molecular formula is C13H26AcN2O4. The van der Waals surface area contributed by atoms with E-state index in [1.807, 2.05) is 6.92 Å². The largest absolute Gasteiger partial charge is 0.391 e. The molecule has 0 rings (SSSR count). The van der Waals surface area contributed by atoms with Gasteiger partial charge >= 0.3 is 0 Å². The van der Waals surface area contributed by atoms with Crippen LogP contribution in [0.3, 0.4) is 0 Å². The molecule has 0 aliphatic carbocycles. The summed E-state index contributed by atoms with van der Waals surface area (Å²) in [5.74, 6) is -0.473. The van der Waals surface area contributed by atoms with Crippen molar-refractivity contribution in [3.05, 3.63) is 0 Å². The van der Waals surface area contributed by atoms with Crippen LogP contribution < -0.4 is 5.32 Å². The van der Waals surface area contributed by atoms with Crippen molar-refractivity contribution in [3.8, 4) is 0 Å². The first-order chi connectivity index (χ1) is 8.70. The number of rotatable bonds is 7. The van der Waals surface area contributed by atoms with Crippen molar-refractivity contribution >= 4 is 11.8 Å². The predicted octanol–water partition coefficient (Wildman–Crippen LogP) is -0.120. The Labute approximate surface area is 156 Å². The maximum absolute atomic E-state index is 11.7. The van der Waals surface area contributed by atoms with Gasteiger partial charge in [-0.3, -0.25) is 9.59 Å². The second-order valence-electron chi connectivity index (χ2n) is 4.91. The summed E-state index contributed by atoms with van der Waals surface area (Å²) in [5, 5.41) is 21.9. The third-order valence-corrected chi connectivity index (χ3v) is 3.30. The van der Waals surface area contributed by atoms with Crippen LogP contribution in [0.1, 0.15) is 41.0 Å². The quantitative estimate of drug-likeness (QED) is 0.454. The van der Waals surface area contributed by atoms with Crippen LogP contribution in [0.4, 0.5) is 0 Å². The van der Waals surface area contributed by atoms with Gasteiger partial charge in [-0.1, -0.05) is 0 Å². The topological polar surface area (TPSA) is 89.9 Å². The SMILES string of the molecule is CCN(C(C)=O)C(C)C(O)CC(=O)NC(C)C(C)O.[Ac]. The van der Waals surface area contributed by atoms with E-state index in [-0.39, 0.29) is 68.3 Å². The number of carbonyl (C=O) groups excluding carboxylic acids is 2. The van der Waals surface area contributed by atoms with Gasteiger partial charge in [-0.2, -0.15) is 0 Å². The van der Waals surface area contributed by atoms with Gasteiger partial charge in [-0.05, 0) is 27.7 Å². The summed E-state index contributed by atoms with van der Waals surface area (Å²) in [6.45, 7) is 8.72. The zero-order valence-electron chi connectivity index (χ0n) is 13.0. The van der Waals surface area contributed by atoms with Gasteiger partial charge < -0.3 is 20.4 Å². The Balaban J connectivity index is 0. The molecule has 0 saturated carbocycles. The number of amides is 2. The fourth-order valence-corrected chi connectivity index (χ4v) is 1.80. The minimum absolute atomic E-state index is 0. The molecule has 2 amide bonds. The van der Waals surface area contributed by atoms with Crippen LogP contribution >= 0.6 is 0 Å². The van der Waals surface area contributed by atoms with Crippen LogP contribution in [0.5, 0.6) is 0 Å². The maximum Gasteiger partial charge on any atom is 0.222 e. The molecule has 0 aromatic carbocycles. The molecule has 0 spiro atoms. The normalized spacial score (nSPS) is 16.4. The number of aliphatic hydroxyl groups excluding tert-OH is 2. The van der Waals surface area contributed by atoms with Crippen molar-refractivity contribution in [2.24, 2.45) is 0 Å². The monoisotopic (exact) mass is 501 g/mol. The van der Waals surface area contributed by atoms with Crippen LogP contribution in [0, 0.1) is 44.1 Å². The first-order valence-electron chi connectivity index (χ1n) is 6.63. The van der Waals surface area contributed by atoms with Gasteiger partial charge in [0.25, 0.3) is 0 Å². The number of likely N-dealkylation sites (N-methyl/N-ethyl adjacent to an activating group) is 1. The van der Waals surface area contributed by atoms with E-state index in [0.717, 1.165) is 0 Å². The number of aliphatic hydroxyl groups is 2. The molecule has 0 aliphatic heterocycles. The Kier molecular flexibility index (Phi) is 12.4. The molecule has 6 nitrogen and oxygen atoms in total. The molecule has 1 radical (unpaired) electrons. The zero-order chi connectivity index (χ0) is 15.2. The molecule has 3 N–H and O–H groups in total. The molecule has 4 unspecified atom stereocenters. The molecular weight excluding hydrogens is 475 g/mol. The van der Waals surface area contributed by atoms with Crippen molar-refractivity contribution in [3.63, 3.8) is 0 Å².